The van der Waals surface area contributed by atoms with Gasteiger partial charge in [-0.15, -0.1) is 0 Å². The summed E-state index contributed by atoms with van der Waals surface area (Å²) in [6, 6.07) is 18.6. The average molecular weight is 342 g/mol. The Balaban J connectivity index is 2.52. The number of halogens is 2. The van der Waals surface area contributed by atoms with Gasteiger partial charge in [-0.3, -0.25) is 0 Å². The fourth-order valence-electron chi connectivity index (χ4n) is 1.71. The van der Waals surface area contributed by atoms with E-state index in [9.17, 15) is 0 Å². The molecule has 0 aromatic heterocycles. The van der Waals surface area contributed by atoms with Crippen LogP contribution in [0.2, 0.25) is 0 Å². The van der Waals surface area contributed by atoms with Gasteiger partial charge in [0.1, 0.15) is 0 Å². The molecule has 0 bridgehead atoms. The van der Waals surface area contributed by atoms with Gasteiger partial charge in [-0.2, -0.15) is 0 Å². The zero-order valence-corrected chi connectivity index (χ0v) is 13.4. The molecule has 3 heteroatoms. The van der Waals surface area contributed by atoms with Gasteiger partial charge in [0, 0.05) is 0 Å². The Morgan fingerprint density at radius 2 is 1.35 bits per heavy atom. The molecule has 17 heavy (non-hydrogen) atoms. The topological polar surface area (TPSA) is 0 Å². The zero-order valence-electron chi connectivity index (χ0n) is 9.45. The molecule has 2 aromatic carbocycles. The number of aryl methyl sites for hydroxylation is 1. The van der Waals surface area contributed by atoms with Crippen molar-refractivity contribution in [1.82, 2.24) is 0 Å². The maximum atomic E-state index is 6.28. The van der Waals surface area contributed by atoms with Crippen LogP contribution >= 0.6 is 17.0 Å². The van der Waals surface area contributed by atoms with Crippen LogP contribution in [0.3, 0.4) is 0 Å². The average Bonchev–Trinajstić information content (AvgIpc) is 2.33. The van der Waals surface area contributed by atoms with Crippen LogP contribution in [0.15, 0.2) is 54.6 Å². The molecule has 0 radical (unpaired) electrons. The van der Waals surface area contributed by atoms with E-state index in [0.29, 0.717) is 0 Å². The summed E-state index contributed by atoms with van der Waals surface area (Å²) in [5.41, 5.74) is 3.55. The van der Waals surface area contributed by atoms with Crippen molar-refractivity contribution in [3.63, 3.8) is 0 Å². The third-order valence-electron chi connectivity index (χ3n) is 2.59. The number of hydrogen-bond acceptors (Lipinski definition) is 0. The van der Waals surface area contributed by atoms with Gasteiger partial charge in [0.15, 0.2) is 0 Å². The molecule has 0 aliphatic rings. The number of rotatable bonds is 2. The Labute approximate surface area is 116 Å². The second-order valence-corrected chi connectivity index (χ2v) is 12.0. The first-order valence-corrected chi connectivity index (χ1v) is 12.9. The third-order valence-corrected chi connectivity index (χ3v) is 7.18. The molecule has 0 amide bonds. The van der Waals surface area contributed by atoms with Gasteiger partial charge in [0.25, 0.3) is 0 Å². The molecule has 0 unspecified atom stereocenters. The fourth-order valence-corrected chi connectivity index (χ4v) is 6.18. The van der Waals surface area contributed by atoms with E-state index in [1.54, 1.807) is 0 Å². The Hall–Kier alpha value is -0.227. The first-order chi connectivity index (χ1) is 8.18. The molecule has 86 valence electrons. The van der Waals surface area contributed by atoms with Crippen LogP contribution in [-0.2, 0) is 18.9 Å². The van der Waals surface area contributed by atoms with Crippen molar-refractivity contribution in [2.45, 2.75) is 6.92 Å². The molecular formula is C14H12Cl2Zr. The van der Waals surface area contributed by atoms with Crippen LogP contribution in [0.5, 0.6) is 0 Å². The van der Waals surface area contributed by atoms with E-state index in [1.165, 1.54) is 5.56 Å². The Morgan fingerprint density at radius 1 is 0.824 bits per heavy atom. The van der Waals surface area contributed by atoms with Gasteiger partial charge in [0.05, 0.1) is 0 Å². The zero-order chi connectivity index (χ0) is 12.3. The van der Waals surface area contributed by atoms with E-state index in [1.807, 2.05) is 18.2 Å². The molecule has 0 fully saturated rings. The number of benzene rings is 2. The van der Waals surface area contributed by atoms with E-state index in [0.717, 1.165) is 14.3 Å². The van der Waals surface area contributed by atoms with Gasteiger partial charge in [-0.25, -0.2) is 0 Å². The molecule has 0 saturated heterocycles. The summed E-state index contributed by atoms with van der Waals surface area (Å²) in [6.07, 6.45) is 0. The summed E-state index contributed by atoms with van der Waals surface area (Å²) in [5.74, 6) is 0. The summed E-state index contributed by atoms with van der Waals surface area (Å²) in [5, 5.41) is 0. The van der Waals surface area contributed by atoms with Crippen LogP contribution in [0.1, 0.15) is 16.7 Å². The van der Waals surface area contributed by atoms with Crippen molar-refractivity contribution in [2.24, 2.45) is 0 Å². The number of hydrogen-bond donors (Lipinski definition) is 0. The van der Waals surface area contributed by atoms with Crippen LogP contribution in [0.4, 0.5) is 0 Å². The van der Waals surface area contributed by atoms with Gasteiger partial charge < -0.3 is 0 Å². The predicted molar refractivity (Wildman–Crippen MR) is 72.5 cm³/mol. The van der Waals surface area contributed by atoms with E-state index in [4.69, 9.17) is 17.0 Å². The van der Waals surface area contributed by atoms with E-state index in [-0.39, 0.29) is 0 Å². The van der Waals surface area contributed by atoms with Crippen LogP contribution in [-0.4, -0.2) is 3.21 Å². The molecule has 0 aliphatic heterocycles. The Bertz CT molecular complexity index is 526. The second-order valence-electron chi connectivity index (χ2n) is 3.87. The van der Waals surface area contributed by atoms with Crippen LogP contribution in [0, 0.1) is 6.92 Å². The maximum absolute atomic E-state index is 6.28. The van der Waals surface area contributed by atoms with Crippen molar-refractivity contribution in [3.05, 3.63) is 71.3 Å². The quantitative estimate of drug-likeness (QED) is 0.754. The summed E-state index contributed by atoms with van der Waals surface area (Å²) in [6.45, 7) is 2.08. The minimum atomic E-state index is -2.46. The summed E-state index contributed by atoms with van der Waals surface area (Å²) < 4.78 is 1.15. The van der Waals surface area contributed by atoms with Crippen molar-refractivity contribution in [1.29, 1.82) is 0 Å². The normalized spacial score (nSPS) is 10.1. The van der Waals surface area contributed by atoms with Gasteiger partial charge in [0.2, 0.25) is 0 Å². The van der Waals surface area contributed by atoms with Crippen molar-refractivity contribution >= 4 is 20.2 Å². The Morgan fingerprint density at radius 3 is 1.88 bits per heavy atom. The molecule has 0 N–H and O–H groups in total. The van der Waals surface area contributed by atoms with Gasteiger partial charge >= 0.3 is 117 Å². The molecule has 0 nitrogen and oxygen atoms in total. The summed E-state index contributed by atoms with van der Waals surface area (Å²) >= 11 is -2.46. The molecule has 2 aromatic rings. The second kappa shape index (κ2) is 6.09. The molecule has 2 rings (SSSR count). The van der Waals surface area contributed by atoms with Crippen molar-refractivity contribution in [2.75, 3.05) is 0 Å². The predicted octanol–water partition coefficient (Wildman–Crippen LogP) is 4.49. The fraction of sp³-hybridized carbons (Fsp3) is 0.0714. The third kappa shape index (κ3) is 3.38. The molecule has 0 spiro atoms. The summed E-state index contributed by atoms with van der Waals surface area (Å²) in [4.78, 5) is 0. The minimum absolute atomic E-state index is 1.15. The first kappa shape index (κ1) is 13.2. The molecule has 0 saturated carbocycles. The van der Waals surface area contributed by atoms with E-state index < -0.39 is 18.9 Å². The van der Waals surface area contributed by atoms with Crippen molar-refractivity contribution in [3.8, 4) is 0 Å². The molecule has 0 atom stereocenters. The first-order valence-electron chi connectivity index (χ1n) is 5.36. The van der Waals surface area contributed by atoms with Gasteiger partial charge in [-0.1, -0.05) is 0 Å². The SMILES string of the molecule is Cc1ccc([C](c2ccccc2)=[Zr]([Cl])[Cl])cc1. The summed E-state index contributed by atoms with van der Waals surface area (Å²) in [7, 11) is 12.6. The molecular weight excluding hydrogens is 330 g/mol. The van der Waals surface area contributed by atoms with Crippen LogP contribution in [0.25, 0.3) is 0 Å². The molecule has 0 heterocycles. The monoisotopic (exact) mass is 340 g/mol. The van der Waals surface area contributed by atoms with E-state index in [2.05, 4.69) is 43.3 Å². The van der Waals surface area contributed by atoms with Crippen molar-refractivity contribution < 1.29 is 18.9 Å². The van der Waals surface area contributed by atoms with Crippen LogP contribution < -0.4 is 0 Å². The van der Waals surface area contributed by atoms with E-state index >= 15 is 0 Å². The standard InChI is InChI=1S/C14H12.2ClH.Zr/c1-12-7-9-14(10-8-12)11-13-5-3-2-4-6-13;;;/h2-10H,1H3;2*1H;/q;;;+2/p-2. The molecule has 0 aliphatic carbocycles. The van der Waals surface area contributed by atoms with Gasteiger partial charge in [-0.05, 0) is 0 Å². The Kier molecular flexibility index (Phi) is 4.73.